The van der Waals surface area contributed by atoms with Crippen LogP contribution in [-0.4, -0.2) is 31.1 Å². The van der Waals surface area contributed by atoms with E-state index in [-0.39, 0.29) is 6.04 Å². The fraction of sp³-hybridized carbons (Fsp3) is 0.500. The summed E-state index contributed by atoms with van der Waals surface area (Å²) in [6.07, 6.45) is 1.94. The van der Waals surface area contributed by atoms with Gasteiger partial charge in [-0.15, -0.1) is 0 Å². The van der Waals surface area contributed by atoms with Crippen molar-refractivity contribution < 1.29 is 9.31 Å². The van der Waals surface area contributed by atoms with Crippen LogP contribution in [0.15, 0.2) is 18.2 Å². The summed E-state index contributed by atoms with van der Waals surface area (Å²) in [6.45, 7) is 1.48. The van der Waals surface area contributed by atoms with Crippen molar-refractivity contribution in [1.82, 2.24) is 5.32 Å². The highest BCUT2D eigenvalue weighted by molar-refractivity contribution is 5.64. The van der Waals surface area contributed by atoms with E-state index in [0.29, 0.717) is 5.69 Å². The van der Waals surface area contributed by atoms with Gasteiger partial charge >= 0.3 is 5.69 Å². The molecule has 0 aromatic heterocycles. The van der Waals surface area contributed by atoms with Crippen LogP contribution in [0.1, 0.15) is 12.8 Å². The number of hydrogen-bond acceptors (Lipinski definition) is 4. The fourth-order valence-electron chi connectivity index (χ4n) is 2.52. The first kappa shape index (κ1) is 12.8. The molecule has 5 nitrogen and oxygen atoms in total. The van der Waals surface area contributed by atoms with Crippen molar-refractivity contribution in [2.75, 3.05) is 25.0 Å². The van der Waals surface area contributed by atoms with Crippen LogP contribution < -0.4 is 10.2 Å². The minimum absolute atomic E-state index is 0.190. The summed E-state index contributed by atoms with van der Waals surface area (Å²) in [7, 11) is 1.84. The molecule has 1 aromatic carbocycles. The zero-order valence-corrected chi connectivity index (χ0v) is 10.2. The topological polar surface area (TPSA) is 58.4 Å². The Hall–Kier alpha value is -1.69. The van der Waals surface area contributed by atoms with Crippen LogP contribution in [0.5, 0.6) is 0 Å². The van der Waals surface area contributed by atoms with Crippen molar-refractivity contribution in [2.45, 2.75) is 18.9 Å². The van der Waals surface area contributed by atoms with Gasteiger partial charge in [-0.1, -0.05) is 6.07 Å². The number of para-hydroxylation sites is 1. The number of likely N-dealkylation sites (N-methyl/N-ethyl adjacent to an activating group) is 1. The smallest absolute Gasteiger partial charge is 0.327 e. The Morgan fingerprint density at radius 1 is 1.61 bits per heavy atom. The number of nitrogens with one attached hydrogen (secondary N) is 1. The van der Waals surface area contributed by atoms with Crippen LogP contribution in [-0.2, 0) is 0 Å². The minimum atomic E-state index is -0.771. The number of hydrogen-bond donors (Lipinski definition) is 1. The summed E-state index contributed by atoms with van der Waals surface area (Å²) in [5.74, 6) is -0.771. The molecule has 1 aromatic rings. The summed E-state index contributed by atoms with van der Waals surface area (Å²) in [5.41, 5.74) is -0.0294. The van der Waals surface area contributed by atoms with E-state index in [4.69, 9.17) is 0 Å². The molecule has 0 saturated carbocycles. The molecule has 0 spiro atoms. The van der Waals surface area contributed by atoms with Gasteiger partial charge in [0.25, 0.3) is 0 Å². The summed E-state index contributed by atoms with van der Waals surface area (Å²) in [6, 6.07) is 4.46. The summed E-state index contributed by atoms with van der Waals surface area (Å²) in [5, 5.41) is 14.1. The van der Waals surface area contributed by atoms with E-state index in [2.05, 4.69) is 5.32 Å². The number of benzene rings is 1. The van der Waals surface area contributed by atoms with E-state index in [1.165, 1.54) is 6.07 Å². The van der Waals surface area contributed by atoms with Gasteiger partial charge in [0, 0.05) is 19.1 Å². The standard InChI is InChI=1S/C12H16FN3O2/c1-14-8-9-4-3-7-15(9)11-6-2-5-10(13)12(11)16(17)18/h2,5-6,9,14H,3-4,7-8H2,1H3. The Labute approximate surface area is 105 Å². The predicted octanol–water partition coefficient (Wildman–Crippen LogP) is 1.92. The molecule has 0 radical (unpaired) electrons. The van der Waals surface area contributed by atoms with Crippen LogP contribution in [0.3, 0.4) is 0 Å². The van der Waals surface area contributed by atoms with Crippen molar-refractivity contribution in [3.63, 3.8) is 0 Å². The molecule has 1 aliphatic heterocycles. The molecule has 1 N–H and O–H groups in total. The van der Waals surface area contributed by atoms with Gasteiger partial charge in [-0.05, 0) is 32.0 Å². The summed E-state index contributed by atoms with van der Waals surface area (Å²) >= 11 is 0. The second kappa shape index (κ2) is 5.30. The molecule has 1 unspecified atom stereocenters. The van der Waals surface area contributed by atoms with Gasteiger partial charge < -0.3 is 10.2 Å². The zero-order valence-electron chi connectivity index (χ0n) is 10.2. The first-order valence-corrected chi connectivity index (χ1v) is 5.99. The maximum absolute atomic E-state index is 13.6. The molecular weight excluding hydrogens is 237 g/mol. The zero-order chi connectivity index (χ0) is 13.1. The Balaban J connectivity index is 2.38. The van der Waals surface area contributed by atoms with Crippen LogP contribution >= 0.6 is 0 Å². The van der Waals surface area contributed by atoms with Crippen molar-refractivity contribution in [1.29, 1.82) is 0 Å². The van der Waals surface area contributed by atoms with Crippen molar-refractivity contribution in [2.24, 2.45) is 0 Å². The van der Waals surface area contributed by atoms with E-state index in [0.717, 1.165) is 32.0 Å². The monoisotopic (exact) mass is 253 g/mol. The Morgan fingerprint density at radius 3 is 3.06 bits per heavy atom. The van der Waals surface area contributed by atoms with Gasteiger partial charge in [0.2, 0.25) is 5.82 Å². The maximum Gasteiger partial charge on any atom is 0.327 e. The third-order valence-corrected chi connectivity index (χ3v) is 3.27. The number of nitro benzene ring substituents is 1. The summed E-state index contributed by atoms with van der Waals surface area (Å²) in [4.78, 5) is 12.3. The lowest BCUT2D eigenvalue weighted by atomic mass is 10.2. The predicted molar refractivity (Wildman–Crippen MR) is 67.3 cm³/mol. The van der Waals surface area contributed by atoms with E-state index in [1.807, 2.05) is 11.9 Å². The number of nitro groups is 1. The van der Waals surface area contributed by atoms with Gasteiger partial charge in [0.05, 0.1) is 4.92 Å². The van der Waals surface area contributed by atoms with E-state index >= 15 is 0 Å². The normalized spacial score (nSPS) is 19.2. The molecule has 98 valence electrons. The SMILES string of the molecule is CNCC1CCCN1c1cccc(F)c1[N+](=O)[O-]. The highest BCUT2D eigenvalue weighted by atomic mass is 19.1. The van der Waals surface area contributed by atoms with Crippen LogP contribution in [0.2, 0.25) is 0 Å². The quantitative estimate of drug-likeness (QED) is 0.658. The highest BCUT2D eigenvalue weighted by Gasteiger charge is 2.31. The average Bonchev–Trinajstić information content (AvgIpc) is 2.76. The lowest BCUT2D eigenvalue weighted by molar-refractivity contribution is -0.386. The maximum atomic E-state index is 13.6. The number of anilines is 1. The van der Waals surface area contributed by atoms with Gasteiger partial charge in [-0.25, -0.2) is 0 Å². The molecule has 6 heteroatoms. The second-order valence-electron chi connectivity index (χ2n) is 4.41. The van der Waals surface area contributed by atoms with Gasteiger partial charge in [0.1, 0.15) is 5.69 Å². The first-order chi connectivity index (χ1) is 8.65. The van der Waals surface area contributed by atoms with E-state index < -0.39 is 16.4 Å². The van der Waals surface area contributed by atoms with Gasteiger partial charge in [-0.2, -0.15) is 4.39 Å². The first-order valence-electron chi connectivity index (χ1n) is 5.99. The molecule has 0 bridgehead atoms. The lowest BCUT2D eigenvalue weighted by Crippen LogP contribution is -2.37. The van der Waals surface area contributed by atoms with Crippen LogP contribution in [0, 0.1) is 15.9 Å². The minimum Gasteiger partial charge on any atom is -0.362 e. The van der Waals surface area contributed by atoms with Crippen molar-refractivity contribution in [3.8, 4) is 0 Å². The van der Waals surface area contributed by atoms with Crippen LogP contribution in [0.4, 0.5) is 15.8 Å². The van der Waals surface area contributed by atoms with Crippen LogP contribution in [0.25, 0.3) is 0 Å². The Bertz CT molecular complexity index is 453. The lowest BCUT2D eigenvalue weighted by Gasteiger charge is -2.26. The molecular formula is C12H16FN3O2. The largest absolute Gasteiger partial charge is 0.362 e. The molecule has 1 saturated heterocycles. The number of halogens is 1. The third-order valence-electron chi connectivity index (χ3n) is 3.27. The van der Waals surface area contributed by atoms with Crippen molar-refractivity contribution >= 4 is 11.4 Å². The number of rotatable bonds is 4. The third kappa shape index (κ3) is 2.28. The molecule has 1 heterocycles. The van der Waals surface area contributed by atoms with E-state index in [1.54, 1.807) is 6.07 Å². The number of nitrogens with zero attached hydrogens (tertiary/aromatic N) is 2. The average molecular weight is 253 g/mol. The molecule has 0 aliphatic carbocycles. The Morgan fingerprint density at radius 2 is 2.39 bits per heavy atom. The molecule has 2 rings (SSSR count). The fourth-order valence-corrected chi connectivity index (χ4v) is 2.52. The van der Waals surface area contributed by atoms with Gasteiger partial charge in [0.15, 0.2) is 0 Å². The molecule has 1 fully saturated rings. The molecule has 1 atom stereocenters. The van der Waals surface area contributed by atoms with Gasteiger partial charge in [-0.3, -0.25) is 10.1 Å². The van der Waals surface area contributed by atoms with Crippen molar-refractivity contribution in [3.05, 3.63) is 34.1 Å². The van der Waals surface area contributed by atoms with E-state index in [9.17, 15) is 14.5 Å². The molecule has 0 amide bonds. The molecule has 18 heavy (non-hydrogen) atoms. The highest BCUT2D eigenvalue weighted by Crippen LogP contribution is 2.35. The molecule has 1 aliphatic rings. The second-order valence-corrected chi connectivity index (χ2v) is 4.41. The Kier molecular flexibility index (Phi) is 3.76. The summed E-state index contributed by atoms with van der Waals surface area (Å²) < 4.78 is 13.6.